The molecule has 2 aliphatic carbocycles. The summed E-state index contributed by atoms with van der Waals surface area (Å²) in [5.41, 5.74) is 7.06. The molecule has 2 atom stereocenters. The average Bonchev–Trinajstić information content (AvgIpc) is 3.16. The van der Waals surface area contributed by atoms with Crippen LogP contribution in [0.3, 0.4) is 0 Å². The maximum Gasteiger partial charge on any atom is 0.317 e. The molecule has 2 unspecified atom stereocenters. The standard InChI is InChI=1S/C27H37N3O4/c1-16-13-19(14-17(2)26(16)34-12-6-11-28-15-23(32)33)7-10-22(31)30-21-9-8-20-25(27(20,4)5)24(21)18(3)29-30/h13-14,20,25,28H,6-12,15H2,1-5H3,(H,32,33). The van der Waals surface area contributed by atoms with Gasteiger partial charge in [-0.3, -0.25) is 9.59 Å². The van der Waals surface area contributed by atoms with Gasteiger partial charge in [0.15, 0.2) is 0 Å². The van der Waals surface area contributed by atoms with Crippen molar-refractivity contribution in [3.05, 3.63) is 45.8 Å². The molecule has 1 heterocycles. The first-order valence-corrected chi connectivity index (χ1v) is 12.4. The molecule has 0 bridgehead atoms. The van der Waals surface area contributed by atoms with Crippen LogP contribution in [0.25, 0.3) is 0 Å². The summed E-state index contributed by atoms with van der Waals surface area (Å²) in [7, 11) is 0. The SMILES string of the molecule is Cc1cc(CCC(=O)n2nc(C)c3c2CCC2C3C2(C)C)cc(C)c1OCCCNCC(=O)O. The van der Waals surface area contributed by atoms with E-state index in [-0.39, 0.29) is 12.5 Å². The van der Waals surface area contributed by atoms with Crippen LogP contribution in [0.5, 0.6) is 5.75 Å². The third kappa shape index (κ3) is 4.76. The smallest absolute Gasteiger partial charge is 0.317 e. The molecule has 2 aromatic rings. The number of aromatic nitrogens is 2. The molecule has 1 fully saturated rings. The van der Waals surface area contributed by atoms with E-state index in [4.69, 9.17) is 9.84 Å². The molecule has 1 aromatic heterocycles. The lowest BCUT2D eigenvalue weighted by Crippen LogP contribution is -2.24. The zero-order chi connectivity index (χ0) is 24.6. The molecule has 0 spiro atoms. The number of carboxylic acid groups (broad SMARTS) is 1. The number of nitrogens with one attached hydrogen (secondary N) is 1. The summed E-state index contributed by atoms with van der Waals surface area (Å²) in [6.45, 7) is 11.9. The van der Waals surface area contributed by atoms with Crippen molar-refractivity contribution in [3.63, 3.8) is 0 Å². The van der Waals surface area contributed by atoms with E-state index < -0.39 is 5.97 Å². The van der Waals surface area contributed by atoms with E-state index in [1.807, 2.05) is 20.8 Å². The van der Waals surface area contributed by atoms with Crippen LogP contribution in [0.2, 0.25) is 0 Å². The first-order valence-electron chi connectivity index (χ1n) is 12.4. The van der Waals surface area contributed by atoms with E-state index >= 15 is 0 Å². The van der Waals surface area contributed by atoms with Gasteiger partial charge in [-0.15, -0.1) is 0 Å². The number of rotatable bonds is 10. The van der Waals surface area contributed by atoms with Crippen molar-refractivity contribution in [2.75, 3.05) is 19.7 Å². The largest absolute Gasteiger partial charge is 0.493 e. The van der Waals surface area contributed by atoms with Crippen molar-refractivity contribution in [2.24, 2.45) is 11.3 Å². The van der Waals surface area contributed by atoms with E-state index in [1.54, 1.807) is 4.68 Å². The predicted molar refractivity (Wildman–Crippen MR) is 131 cm³/mol. The van der Waals surface area contributed by atoms with Gasteiger partial charge < -0.3 is 15.2 Å². The zero-order valence-electron chi connectivity index (χ0n) is 21.0. The van der Waals surface area contributed by atoms with Crippen LogP contribution in [0.15, 0.2) is 12.1 Å². The molecule has 34 heavy (non-hydrogen) atoms. The fourth-order valence-corrected chi connectivity index (χ4v) is 5.92. The molecule has 2 aliphatic rings. The van der Waals surface area contributed by atoms with Gasteiger partial charge in [-0.05, 0) is 86.9 Å². The number of fused-ring (bicyclic) bond motifs is 3. The molecule has 4 rings (SSSR count). The monoisotopic (exact) mass is 467 g/mol. The molecule has 184 valence electrons. The van der Waals surface area contributed by atoms with Crippen molar-refractivity contribution in [1.82, 2.24) is 15.1 Å². The van der Waals surface area contributed by atoms with Gasteiger partial charge in [0, 0.05) is 12.0 Å². The van der Waals surface area contributed by atoms with Crippen LogP contribution < -0.4 is 10.1 Å². The number of aliphatic carboxylic acids is 1. The third-order valence-corrected chi connectivity index (χ3v) is 7.66. The Labute approximate surface area is 201 Å². The first-order chi connectivity index (χ1) is 16.1. The Kier molecular flexibility index (Phi) is 6.85. The van der Waals surface area contributed by atoms with E-state index in [0.29, 0.717) is 37.3 Å². The van der Waals surface area contributed by atoms with Gasteiger partial charge in [0.25, 0.3) is 0 Å². The second kappa shape index (κ2) is 9.53. The lowest BCUT2D eigenvalue weighted by Gasteiger charge is -2.15. The Morgan fingerprint density at radius 1 is 1.24 bits per heavy atom. The number of nitrogens with zero attached hydrogens (tertiary/aromatic N) is 2. The van der Waals surface area contributed by atoms with Gasteiger partial charge in [0.1, 0.15) is 5.75 Å². The number of aryl methyl sites for hydroxylation is 4. The van der Waals surface area contributed by atoms with Crippen molar-refractivity contribution >= 4 is 11.9 Å². The van der Waals surface area contributed by atoms with E-state index in [1.165, 1.54) is 5.56 Å². The van der Waals surface area contributed by atoms with Crippen molar-refractivity contribution < 1.29 is 19.4 Å². The number of carbonyl (C=O) groups excluding carboxylic acids is 1. The lowest BCUT2D eigenvalue weighted by molar-refractivity contribution is -0.135. The summed E-state index contributed by atoms with van der Waals surface area (Å²) >= 11 is 0. The molecule has 0 aliphatic heterocycles. The molecule has 1 saturated carbocycles. The van der Waals surface area contributed by atoms with Crippen LogP contribution in [0, 0.1) is 32.1 Å². The topological polar surface area (TPSA) is 93.5 Å². The lowest BCUT2D eigenvalue weighted by atomic mass is 9.95. The summed E-state index contributed by atoms with van der Waals surface area (Å²) in [4.78, 5) is 23.7. The Hall–Kier alpha value is -2.67. The van der Waals surface area contributed by atoms with Gasteiger partial charge in [-0.25, -0.2) is 4.68 Å². The normalized spacial score (nSPS) is 19.9. The summed E-state index contributed by atoms with van der Waals surface area (Å²) in [6, 6.07) is 4.19. The zero-order valence-corrected chi connectivity index (χ0v) is 21.0. The summed E-state index contributed by atoms with van der Waals surface area (Å²) in [6.07, 6.45) is 3.93. The minimum Gasteiger partial charge on any atom is -0.493 e. The molecule has 2 N–H and O–H groups in total. The van der Waals surface area contributed by atoms with Crippen LogP contribution in [0.4, 0.5) is 0 Å². The third-order valence-electron chi connectivity index (χ3n) is 7.66. The van der Waals surface area contributed by atoms with Crippen LogP contribution in [0.1, 0.15) is 77.5 Å². The van der Waals surface area contributed by atoms with Crippen molar-refractivity contribution in [1.29, 1.82) is 0 Å². The predicted octanol–water partition coefficient (Wildman–Crippen LogP) is 4.21. The molecule has 0 saturated heterocycles. The van der Waals surface area contributed by atoms with Gasteiger partial charge in [-0.2, -0.15) is 5.10 Å². The Morgan fingerprint density at radius 2 is 1.94 bits per heavy atom. The maximum absolute atomic E-state index is 13.1. The van der Waals surface area contributed by atoms with Crippen molar-refractivity contribution in [2.45, 2.75) is 72.6 Å². The molecule has 1 aromatic carbocycles. The molecule has 0 amide bonds. The van der Waals surface area contributed by atoms with Crippen molar-refractivity contribution in [3.8, 4) is 5.75 Å². The molecule has 7 nitrogen and oxygen atoms in total. The molecule has 7 heteroatoms. The first kappa shape index (κ1) is 24.5. The minimum atomic E-state index is -0.857. The van der Waals surface area contributed by atoms with E-state index in [0.717, 1.165) is 59.0 Å². The number of benzene rings is 1. The highest BCUT2D eigenvalue weighted by Crippen LogP contribution is 2.69. The van der Waals surface area contributed by atoms with Crippen LogP contribution in [-0.2, 0) is 17.6 Å². The molecular formula is C27H37N3O4. The average molecular weight is 468 g/mol. The number of hydrogen-bond acceptors (Lipinski definition) is 5. The number of carboxylic acids is 1. The Morgan fingerprint density at radius 3 is 2.62 bits per heavy atom. The van der Waals surface area contributed by atoms with Gasteiger partial charge in [0.2, 0.25) is 5.91 Å². The Bertz CT molecular complexity index is 1080. The number of hydrogen-bond donors (Lipinski definition) is 2. The number of carbonyl (C=O) groups is 2. The Balaban J connectivity index is 1.34. The maximum atomic E-state index is 13.1. The van der Waals surface area contributed by atoms with Gasteiger partial charge >= 0.3 is 5.97 Å². The van der Waals surface area contributed by atoms with Gasteiger partial charge in [-0.1, -0.05) is 26.0 Å². The molecule has 0 radical (unpaired) electrons. The number of ether oxygens (including phenoxy) is 1. The summed E-state index contributed by atoms with van der Waals surface area (Å²) < 4.78 is 7.65. The minimum absolute atomic E-state index is 0.0362. The fraction of sp³-hybridized carbons (Fsp3) is 0.593. The van der Waals surface area contributed by atoms with Gasteiger partial charge in [0.05, 0.1) is 24.5 Å². The highest BCUT2D eigenvalue weighted by Gasteiger charge is 2.61. The second-order valence-corrected chi connectivity index (χ2v) is 10.5. The fourth-order valence-electron chi connectivity index (χ4n) is 5.92. The van der Waals surface area contributed by atoms with Crippen LogP contribution >= 0.6 is 0 Å². The second-order valence-electron chi connectivity index (χ2n) is 10.5. The van der Waals surface area contributed by atoms with Crippen LogP contribution in [-0.4, -0.2) is 46.5 Å². The highest BCUT2D eigenvalue weighted by atomic mass is 16.5. The summed E-state index contributed by atoms with van der Waals surface area (Å²) in [5.74, 6) is 1.38. The van der Waals surface area contributed by atoms with E-state index in [2.05, 4.69) is 36.4 Å². The quantitative estimate of drug-likeness (QED) is 0.509. The molecular weight excluding hydrogens is 430 g/mol. The summed E-state index contributed by atoms with van der Waals surface area (Å²) in [5, 5.41) is 16.2. The highest BCUT2D eigenvalue weighted by molar-refractivity contribution is 5.79. The van der Waals surface area contributed by atoms with E-state index in [9.17, 15) is 9.59 Å².